The second kappa shape index (κ2) is 4.42. The van der Waals surface area contributed by atoms with Crippen LogP contribution < -0.4 is 5.73 Å². The van der Waals surface area contributed by atoms with Crippen molar-refractivity contribution in [2.24, 2.45) is 11.7 Å². The van der Waals surface area contributed by atoms with Crippen molar-refractivity contribution in [3.05, 3.63) is 0 Å². The van der Waals surface area contributed by atoms with Crippen molar-refractivity contribution in [1.82, 2.24) is 4.90 Å². The number of hydrogen-bond donors (Lipinski definition) is 1. The molecule has 2 saturated heterocycles. The molecule has 2 aliphatic heterocycles. The van der Waals surface area contributed by atoms with E-state index in [0.717, 1.165) is 12.5 Å². The molecule has 0 aromatic carbocycles. The van der Waals surface area contributed by atoms with Crippen molar-refractivity contribution in [1.29, 1.82) is 0 Å². The van der Waals surface area contributed by atoms with Crippen molar-refractivity contribution in [3.8, 4) is 0 Å². The van der Waals surface area contributed by atoms with Gasteiger partial charge >= 0.3 is 0 Å². The van der Waals surface area contributed by atoms with Gasteiger partial charge in [0, 0.05) is 17.8 Å². The third-order valence-corrected chi connectivity index (χ3v) is 5.15. The predicted octanol–water partition coefficient (Wildman–Crippen LogP) is 1.55. The molecule has 2 N–H and O–H groups in total. The Morgan fingerprint density at radius 3 is 2.64 bits per heavy atom. The van der Waals surface area contributed by atoms with Gasteiger partial charge in [0.1, 0.15) is 0 Å². The van der Waals surface area contributed by atoms with Crippen LogP contribution in [0.15, 0.2) is 0 Å². The average Bonchev–Trinajstić information content (AvgIpc) is 2.68. The second-order valence-electron chi connectivity index (χ2n) is 4.90. The summed E-state index contributed by atoms with van der Waals surface area (Å²) >= 11 is 2.08. The second-order valence-corrected chi connectivity index (χ2v) is 6.01. The quantitative estimate of drug-likeness (QED) is 0.756. The van der Waals surface area contributed by atoms with Crippen LogP contribution in [0.25, 0.3) is 0 Å². The Bertz CT molecular complexity index is 182. The van der Waals surface area contributed by atoms with Gasteiger partial charge in [-0.15, -0.1) is 0 Å². The van der Waals surface area contributed by atoms with Crippen molar-refractivity contribution in [2.75, 3.05) is 31.1 Å². The fourth-order valence-electron chi connectivity index (χ4n) is 2.62. The van der Waals surface area contributed by atoms with Crippen LogP contribution in [-0.2, 0) is 0 Å². The number of thioether (sulfide) groups is 1. The van der Waals surface area contributed by atoms with Crippen LogP contribution in [0.4, 0.5) is 0 Å². The number of nitrogens with two attached hydrogens (primary N) is 1. The molecular weight excluding hydrogens is 192 g/mol. The van der Waals surface area contributed by atoms with Crippen LogP contribution in [0.2, 0.25) is 0 Å². The minimum Gasteiger partial charge on any atom is -0.329 e. The molecule has 2 aliphatic rings. The van der Waals surface area contributed by atoms with E-state index in [9.17, 15) is 0 Å². The van der Waals surface area contributed by atoms with Gasteiger partial charge in [0.05, 0.1) is 0 Å². The van der Waals surface area contributed by atoms with Crippen molar-refractivity contribution >= 4 is 11.8 Å². The van der Waals surface area contributed by atoms with Gasteiger partial charge in [-0.2, -0.15) is 11.8 Å². The van der Waals surface area contributed by atoms with Gasteiger partial charge in [0.2, 0.25) is 0 Å². The third-order valence-electron chi connectivity index (χ3n) is 3.92. The van der Waals surface area contributed by atoms with Crippen LogP contribution in [0.1, 0.15) is 26.2 Å². The standard InChI is InChI=1S/C11H22N2S/c1-10-2-5-13(6-3-10)11(8-12)4-7-14-9-11/h10H,2-9,12H2,1H3. The van der Waals surface area contributed by atoms with E-state index in [0.29, 0.717) is 5.54 Å². The van der Waals surface area contributed by atoms with E-state index in [1.54, 1.807) is 0 Å². The van der Waals surface area contributed by atoms with E-state index < -0.39 is 0 Å². The molecule has 1 atom stereocenters. The van der Waals surface area contributed by atoms with Crippen LogP contribution in [0.3, 0.4) is 0 Å². The Morgan fingerprint density at radius 2 is 2.14 bits per heavy atom. The Morgan fingerprint density at radius 1 is 1.43 bits per heavy atom. The summed E-state index contributed by atoms with van der Waals surface area (Å²) in [5.41, 5.74) is 6.35. The minimum atomic E-state index is 0.366. The Balaban J connectivity index is 1.98. The van der Waals surface area contributed by atoms with Gasteiger partial charge in [-0.05, 0) is 44.0 Å². The number of piperidine rings is 1. The first-order valence-electron chi connectivity index (χ1n) is 5.80. The molecular formula is C11H22N2S. The Labute approximate surface area is 91.6 Å². The maximum atomic E-state index is 5.98. The molecule has 14 heavy (non-hydrogen) atoms. The van der Waals surface area contributed by atoms with Gasteiger partial charge in [-0.1, -0.05) is 6.92 Å². The summed E-state index contributed by atoms with van der Waals surface area (Å²) in [6.45, 7) is 5.78. The third kappa shape index (κ3) is 1.95. The first-order chi connectivity index (χ1) is 6.77. The molecule has 0 amide bonds. The van der Waals surface area contributed by atoms with E-state index in [-0.39, 0.29) is 0 Å². The fraction of sp³-hybridized carbons (Fsp3) is 1.00. The molecule has 3 heteroatoms. The molecule has 2 heterocycles. The predicted molar refractivity (Wildman–Crippen MR) is 63.7 cm³/mol. The molecule has 82 valence electrons. The minimum absolute atomic E-state index is 0.366. The van der Waals surface area contributed by atoms with E-state index in [4.69, 9.17) is 5.73 Å². The lowest BCUT2D eigenvalue weighted by molar-refractivity contribution is 0.0761. The maximum absolute atomic E-state index is 5.98. The molecule has 0 radical (unpaired) electrons. The molecule has 2 fully saturated rings. The molecule has 1 unspecified atom stereocenters. The van der Waals surface area contributed by atoms with Gasteiger partial charge in [-0.25, -0.2) is 0 Å². The average molecular weight is 214 g/mol. The summed E-state index contributed by atoms with van der Waals surface area (Å²) in [5, 5.41) is 0. The number of nitrogens with zero attached hydrogens (tertiary/aromatic N) is 1. The van der Waals surface area contributed by atoms with Crippen LogP contribution in [0, 0.1) is 5.92 Å². The highest BCUT2D eigenvalue weighted by molar-refractivity contribution is 7.99. The van der Waals surface area contributed by atoms with Crippen molar-refractivity contribution in [2.45, 2.75) is 31.7 Å². The first-order valence-corrected chi connectivity index (χ1v) is 6.95. The molecule has 0 aliphatic carbocycles. The van der Waals surface area contributed by atoms with Crippen LogP contribution in [-0.4, -0.2) is 41.6 Å². The molecule has 2 nitrogen and oxygen atoms in total. The monoisotopic (exact) mass is 214 g/mol. The van der Waals surface area contributed by atoms with Gasteiger partial charge < -0.3 is 5.73 Å². The zero-order valence-electron chi connectivity index (χ0n) is 9.17. The maximum Gasteiger partial charge on any atom is 0.0429 e. The molecule has 0 aromatic rings. The summed E-state index contributed by atoms with van der Waals surface area (Å²) in [4.78, 5) is 2.67. The van der Waals surface area contributed by atoms with E-state index in [1.807, 2.05) is 0 Å². The van der Waals surface area contributed by atoms with Crippen molar-refractivity contribution < 1.29 is 0 Å². The topological polar surface area (TPSA) is 29.3 Å². The number of hydrogen-bond acceptors (Lipinski definition) is 3. The summed E-state index contributed by atoms with van der Waals surface area (Å²) in [7, 11) is 0. The SMILES string of the molecule is CC1CCN(C2(CN)CCSC2)CC1. The Hall–Kier alpha value is 0.270. The smallest absolute Gasteiger partial charge is 0.0429 e. The van der Waals surface area contributed by atoms with Crippen molar-refractivity contribution in [3.63, 3.8) is 0 Å². The van der Waals surface area contributed by atoms with Gasteiger partial charge in [0.15, 0.2) is 0 Å². The normalized spacial score (nSPS) is 36.4. The van der Waals surface area contributed by atoms with E-state index in [2.05, 4.69) is 23.6 Å². The molecule has 0 aromatic heterocycles. The highest BCUT2D eigenvalue weighted by atomic mass is 32.2. The summed E-state index contributed by atoms with van der Waals surface area (Å²) in [6.07, 6.45) is 4.04. The fourth-order valence-corrected chi connectivity index (χ4v) is 4.11. The molecule has 2 rings (SSSR count). The van der Waals surface area contributed by atoms with Crippen LogP contribution >= 0.6 is 11.8 Å². The molecule has 0 saturated carbocycles. The summed E-state index contributed by atoms with van der Waals surface area (Å²) in [6, 6.07) is 0. The highest BCUT2D eigenvalue weighted by Gasteiger charge is 2.39. The van der Waals surface area contributed by atoms with E-state index in [1.165, 1.54) is 43.9 Å². The molecule has 0 bridgehead atoms. The zero-order chi connectivity index (χ0) is 10.0. The zero-order valence-corrected chi connectivity index (χ0v) is 9.98. The number of likely N-dealkylation sites (tertiary alicyclic amines) is 1. The lowest BCUT2D eigenvalue weighted by Crippen LogP contribution is -2.56. The highest BCUT2D eigenvalue weighted by Crippen LogP contribution is 2.35. The summed E-state index contributed by atoms with van der Waals surface area (Å²) < 4.78 is 0. The summed E-state index contributed by atoms with van der Waals surface area (Å²) in [5.74, 6) is 3.50. The van der Waals surface area contributed by atoms with Gasteiger partial charge in [0.25, 0.3) is 0 Å². The van der Waals surface area contributed by atoms with Crippen LogP contribution in [0.5, 0.6) is 0 Å². The lowest BCUT2D eigenvalue weighted by atomic mass is 9.90. The van der Waals surface area contributed by atoms with E-state index >= 15 is 0 Å². The first kappa shape index (κ1) is 10.8. The lowest BCUT2D eigenvalue weighted by Gasteiger charge is -2.43. The van der Waals surface area contributed by atoms with Gasteiger partial charge in [-0.3, -0.25) is 4.90 Å². The Kier molecular flexibility index (Phi) is 3.40. The number of rotatable bonds is 2. The molecule has 0 spiro atoms. The largest absolute Gasteiger partial charge is 0.329 e.